The van der Waals surface area contributed by atoms with Crippen molar-refractivity contribution in [3.05, 3.63) is 12.7 Å². The minimum Gasteiger partial charge on any atom is -0.365 e. The number of hydrogen-bond acceptors (Lipinski definition) is 1. The van der Waals surface area contributed by atoms with Gasteiger partial charge in [-0.05, 0) is 75.0 Å². The van der Waals surface area contributed by atoms with Crippen LogP contribution in [-0.4, -0.2) is 11.2 Å². The summed E-state index contributed by atoms with van der Waals surface area (Å²) in [5.41, 5.74) is 0.920. The van der Waals surface area contributed by atoms with Crippen molar-refractivity contribution in [2.24, 2.45) is 22.7 Å². The van der Waals surface area contributed by atoms with Gasteiger partial charge in [0.15, 0.2) is 0 Å². The standard InChI is InChI=1S/C20H34O/c1-7-18(4)13-9-16-19(5)12-8-11-17(2,3)15(19)10-14-20(16,6)21-18/h7,15-16H,1,8-14H2,2-6H3/t15-,16-,18+,19+,20+/m0/s1. The zero-order valence-electron chi connectivity index (χ0n) is 14.8. The van der Waals surface area contributed by atoms with Crippen LogP contribution in [0.5, 0.6) is 0 Å². The first-order chi connectivity index (χ1) is 9.65. The Kier molecular flexibility index (Phi) is 3.41. The molecule has 1 heteroatoms. The van der Waals surface area contributed by atoms with E-state index >= 15 is 0 Å². The van der Waals surface area contributed by atoms with Crippen LogP contribution in [0.2, 0.25) is 0 Å². The van der Waals surface area contributed by atoms with Crippen molar-refractivity contribution in [1.29, 1.82) is 0 Å². The van der Waals surface area contributed by atoms with E-state index in [-0.39, 0.29) is 11.2 Å². The van der Waals surface area contributed by atoms with Crippen LogP contribution in [-0.2, 0) is 4.74 Å². The fourth-order valence-corrected chi connectivity index (χ4v) is 6.52. The van der Waals surface area contributed by atoms with E-state index in [2.05, 4.69) is 41.2 Å². The number of hydrogen-bond donors (Lipinski definition) is 0. The molecule has 2 aliphatic carbocycles. The fraction of sp³-hybridized carbons (Fsp3) is 0.900. The molecule has 0 aromatic carbocycles. The van der Waals surface area contributed by atoms with Crippen molar-refractivity contribution in [2.45, 2.75) is 90.8 Å². The molecule has 120 valence electrons. The first-order valence-corrected chi connectivity index (χ1v) is 8.99. The summed E-state index contributed by atoms with van der Waals surface area (Å²) < 4.78 is 6.68. The number of rotatable bonds is 1. The lowest BCUT2D eigenvalue weighted by Crippen LogP contribution is -2.62. The maximum Gasteiger partial charge on any atom is 0.0839 e. The predicted octanol–water partition coefficient (Wildman–Crippen LogP) is 5.74. The lowest BCUT2D eigenvalue weighted by Gasteiger charge is -2.65. The number of fused-ring (bicyclic) bond motifs is 3. The van der Waals surface area contributed by atoms with Crippen molar-refractivity contribution >= 4 is 0 Å². The lowest BCUT2D eigenvalue weighted by molar-refractivity contribution is -0.252. The largest absolute Gasteiger partial charge is 0.365 e. The van der Waals surface area contributed by atoms with Crippen LogP contribution < -0.4 is 0 Å². The van der Waals surface area contributed by atoms with Gasteiger partial charge in [0.1, 0.15) is 0 Å². The lowest BCUT2D eigenvalue weighted by atomic mass is 9.44. The third-order valence-electron chi connectivity index (χ3n) is 7.57. The molecule has 0 spiro atoms. The minimum atomic E-state index is -0.112. The second kappa shape index (κ2) is 4.60. The van der Waals surface area contributed by atoms with Gasteiger partial charge in [-0.1, -0.05) is 33.3 Å². The van der Waals surface area contributed by atoms with Crippen molar-refractivity contribution in [3.63, 3.8) is 0 Å². The molecule has 3 aliphatic rings. The van der Waals surface area contributed by atoms with Crippen molar-refractivity contribution in [3.8, 4) is 0 Å². The highest BCUT2D eigenvalue weighted by Gasteiger charge is 2.61. The van der Waals surface area contributed by atoms with E-state index in [0.29, 0.717) is 10.8 Å². The highest BCUT2D eigenvalue weighted by molar-refractivity contribution is 5.12. The van der Waals surface area contributed by atoms with Gasteiger partial charge in [0.25, 0.3) is 0 Å². The molecule has 1 aliphatic heterocycles. The van der Waals surface area contributed by atoms with Gasteiger partial charge in [0, 0.05) is 0 Å². The molecule has 3 fully saturated rings. The molecule has 0 aromatic heterocycles. The van der Waals surface area contributed by atoms with Gasteiger partial charge in [0.05, 0.1) is 11.2 Å². The third-order valence-corrected chi connectivity index (χ3v) is 7.57. The Morgan fingerprint density at radius 1 is 0.905 bits per heavy atom. The molecule has 0 aromatic rings. The van der Waals surface area contributed by atoms with E-state index in [0.717, 1.165) is 18.3 Å². The van der Waals surface area contributed by atoms with Gasteiger partial charge in [-0.2, -0.15) is 0 Å². The van der Waals surface area contributed by atoms with Gasteiger partial charge in [-0.25, -0.2) is 0 Å². The molecule has 0 unspecified atom stereocenters. The minimum absolute atomic E-state index is 0.0554. The van der Waals surface area contributed by atoms with Gasteiger partial charge >= 0.3 is 0 Å². The van der Waals surface area contributed by atoms with Gasteiger partial charge < -0.3 is 4.74 Å². The maximum atomic E-state index is 6.68. The van der Waals surface area contributed by atoms with Gasteiger partial charge in [-0.15, -0.1) is 6.58 Å². The highest BCUT2D eigenvalue weighted by atomic mass is 16.5. The molecule has 1 nitrogen and oxygen atoms in total. The Hall–Kier alpha value is -0.300. The molecule has 5 atom stereocenters. The molecular formula is C20H34O. The second-order valence-electron chi connectivity index (χ2n) is 9.46. The van der Waals surface area contributed by atoms with E-state index in [4.69, 9.17) is 4.74 Å². The van der Waals surface area contributed by atoms with Crippen LogP contribution in [0, 0.1) is 22.7 Å². The van der Waals surface area contributed by atoms with Crippen LogP contribution in [0.1, 0.15) is 79.6 Å². The Morgan fingerprint density at radius 2 is 1.57 bits per heavy atom. The van der Waals surface area contributed by atoms with E-state index < -0.39 is 0 Å². The molecule has 2 saturated carbocycles. The maximum absolute atomic E-state index is 6.68. The molecule has 0 radical (unpaired) electrons. The van der Waals surface area contributed by atoms with Crippen LogP contribution in [0.25, 0.3) is 0 Å². The third kappa shape index (κ3) is 2.22. The van der Waals surface area contributed by atoms with Crippen LogP contribution in [0.15, 0.2) is 12.7 Å². The number of ether oxygens (including phenoxy) is 1. The van der Waals surface area contributed by atoms with Crippen molar-refractivity contribution in [1.82, 2.24) is 0 Å². The normalized spacial score (nSPS) is 52.6. The average molecular weight is 290 g/mol. The van der Waals surface area contributed by atoms with E-state index in [1.165, 1.54) is 38.5 Å². The topological polar surface area (TPSA) is 9.23 Å². The predicted molar refractivity (Wildman–Crippen MR) is 89.3 cm³/mol. The summed E-state index contributed by atoms with van der Waals surface area (Å²) in [5.74, 6) is 1.59. The summed E-state index contributed by atoms with van der Waals surface area (Å²) >= 11 is 0. The van der Waals surface area contributed by atoms with Crippen molar-refractivity contribution < 1.29 is 4.74 Å². The molecule has 0 N–H and O–H groups in total. The molecule has 0 bridgehead atoms. The zero-order chi connectivity index (χ0) is 15.5. The SMILES string of the molecule is C=C[C@]1(C)CC[C@H]2[C@]3(C)CCCC(C)(C)[C@@H]3CC[C@@]2(C)O1. The Labute approximate surface area is 131 Å². The summed E-state index contributed by atoms with van der Waals surface area (Å²) in [4.78, 5) is 0. The Bertz CT molecular complexity index is 439. The van der Waals surface area contributed by atoms with Crippen LogP contribution in [0.4, 0.5) is 0 Å². The van der Waals surface area contributed by atoms with Crippen LogP contribution >= 0.6 is 0 Å². The molecule has 0 amide bonds. The zero-order valence-corrected chi connectivity index (χ0v) is 14.8. The first kappa shape index (κ1) is 15.6. The summed E-state index contributed by atoms with van der Waals surface area (Å²) in [6.07, 6.45) is 11.2. The van der Waals surface area contributed by atoms with E-state index in [1.807, 2.05) is 6.08 Å². The van der Waals surface area contributed by atoms with E-state index in [1.54, 1.807) is 0 Å². The molecule has 21 heavy (non-hydrogen) atoms. The fourth-order valence-electron chi connectivity index (χ4n) is 6.52. The highest BCUT2D eigenvalue weighted by Crippen LogP contribution is 2.65. The molecule has 3 rings (SSSR count). The van der Waals surface area contributed by atoms with Gasteiger partial charge in [0.2, 0.25) is 0 Å². The van der Waals surface area contributed by atoms with Crippen LogP contribution in [0.3, 0.4) is 0 Å². The summed E-state index contributed by atoms with van der Waals surface area (Å²) in [6, 6.07) is 0. The summed E-state index contributed by atoms with van der Waals surface area (Å²) in [7, 11) is 0. The molecule has 1 saturated heterocycles. The molecular weight excluding hydrogens is 256 g/mol. The second-order valence-corrected chi connectivity index (χ2v) is 9.46. The quantitative estimate of drug-likeness (QED) is 0.559. The Balaban J connectivity index is 1.94. The summed E-state index contributed by atoms with van der Waals surface area (Å²) in [5, 5.41) is 0. The monoisotopic (exact) mass is 290 g/mol. The summed E-state index contributed by atoms with van der Waals surface area (Å²) in [6.45, 7) is 16.2. The first-order valence-electron chi connectivity index (χ1n) is 8.99. The molecule has 1 heterocycles. The van der Waals surface area contributed by atoms with Gasteiger partial charge in [-0.3, -0.25) is 0 Å². The average Bonchev–Trinajstić information content (AvgIpc) is 2.36. The van der Waals surface area contributed by atoms with E-state index in [9.17, 15) is 0 Å². The van der Waals surface area contributed by atoms with Crippen molar-refractivity contribution in [2.75, 3.05) is 0 Å². The smallest absolute Gasteiger partial charge is 0.0839 e. The Morgan fingerprint density at radius 3 is 2.24 bits per heavy atom.